The lowest BCUT2D eigenvalue weighted by atomic mass is 10.1. The van der Waals surface area contributed by atoms with Gasteiger partial charge in [0.1, 0.15) is 5.75 Å². The van der Waals surface area contributed by atoms with E-state index in [1.807, 2.05) is 0 Å². The maximum absolute atomic E-state index is 11.5. The van der Waals surface area contributed by atoms with Crippen LogP contribution in [0.5, 0.6) is 5.75 Å². The van der Waals surface area contributed by atoms with Crippen molar-refractivity contribution in [2.45, 2.75) is 0 Å². The highest BCUT2D eigenvalue weighted by atomic mass is 35.5. The number of ether oxygens (including phenoxy) is 1. The molecule has 5 heteroatoms. The number of carbonyl (C=O) groups excluding carboxylic acids is 2. The number of primary amides is 1. The number of carbonyl (C=O) groups is 2. The van der Waals surface area contributed by atoms with Gasteiger partial charge in [-0.3, -0.25) is 9.59 Å². The molecule has 0 fully saturated rings. The van der Waals surface area contributed by atoms with E-state index >= 15 is 0 Å². The fourth-order valence-corrected chi connectivity index (χ4v) is 1.33. The van der Waals surface area contributed by atoms with Crippen molar-refractivity contribution in [2.24, 2.45) is 5.73 Å². The van der Waals surface area contributed by atoms with Gasteiger partial charge in [-0.05, 0) is 24.3 Å². The van der Waals surface area contributed by atoms with Crippen molar-refractivity contribution < 1.29 is 14.3 Å². The van der Waals surface area contributed by atoms with E-state index in [4.69, 9.17) is 22.1 Å². The smallest absolute Gasteiger partial charge is 0.241 e. The number of methoxy groups -OCH3 is 1. The Balaban J connectivity index is 2.93. The summed E-state index contributed by atoms with van der Waals surface area (Å²) in [6, 6.07) is 4.60. The number of ketones is 1. The lowest BCUT2D eigenvalue weighted by Gasteiger charge is -2.03. The van der Waals surface area contributed by atoms with Gasteiger partial charge in [-0.25, -0.2) is 0 Å². The molecule has 0 heterocycles. The molecule has 1 aromatic carbocycles. The number of halogens is 1. The van der Waals surface area contributed by atoms with Gasteiger partial charge in [0.25, 0.3) is 0 Å². The van der Waals surface area contributed by atoms with E-state index in [9.17, 15) is 9.59 Å². The summed E-state index contributed by atoms with van der Waals surface area (Å²) in [6.07, 6.45) is 2.10. The van der Waals surface area contributed by atoms with Crippen LogP contribution in [0.15, 0.2) is 30.4 Å². The molecular formula is C11H10ClNO3. The number of rotatable bonds is 4. The first-order valence-corrected chi connectivity index (χ1v) is 4.77. The normalized spacial score (nSPS) is 10.4. The summed E-state index contributed by atoms with van der Waals surface area (Å²) < 4.78 is 4.94. The molecule has 0 saturated carbocycles. The lowest BCUT2D eigenvalue weighted by molar-refractivity contribution is -0.113. The Labute approximate surface area is 97.6 Å². The highest BCUT2D eigenvalue weighted by Crippen LogP contribution is 2.25. The molecule has 1 rings (SSSR count). The van der Waals surface area contributed by atoms with E-state index in [0.29, 0.717) is 16.3 Å². The van der Waals surface area contributed by atoms with Crippen LogP contribution >= 0.6 is 11.6 Å². The molecule has 2 N–H and O–H groups in total. The van der Waals surface area contributed by atoms with Crippen molar-refractivity contribution in [3.8, 4) is 5.75 Å². The minimum Gasteiger partial charge on any atom is -0.495 e. The molecule has 0 aliphatic rings. The second-order valence-corrected chi connectivity index (χ2v) is 3.36. The predicted octanol–water partition coefficient (Wildman–Crippen LogP) is 1.57. The topological polar surface area (TPSA) is 69.4 Å². The molecule has 84 valence electrons. The van der Waals surface area contributed by atoms with E-state index in [2.05, 4.69) is 0 Å². The molecule has 0 unspecified atom stereocenters. The van der Waals surface area contributed by atoms with Gasteiger partial charge in [-0.1, -0.05) is 11.6 Å². The summed E-state index contributed by atoms with van der Waals surface area (Å²) in [7, 11) is 1.48. The summed E-state index contributed by atoms with van der Waals surface area (Å²) in [6.45, 7) is 0. The van der Waals surface area contributed by atoms with Crippen molar-refractivity contribution >= 4 is 23.3 Å². The lowest BCUT2D eigenvalue weighted by Crippen LogP contribution is -2.07. The first kappa shape index (κ1) is 12.3. The van der Waals surface area contributed by atoms with Gasteiger partial charge in [-0.15, -0.1) is 0 Å². The van der Waals surface area contributed by atoms with Gasteiger partial charge < -0.3 is 10.5 Å². The Morgan fingerprint density at radius 1 is 1.38 bits per heavy atom. The number of hydrogen-bond donors (Lipinski definition) is 1. The van der Waals surface area contributed by atoms with Gasteiger partial charge >= 0.3 is 0 Å². The van der Waals surface area contributed by atoms with Crippen LogP contribution in [0, 0.1) is 0 Å². The molecule has 16 heavy (non-hydrogen) atoms. The third-order valence-electron chi connectivity index (χ3n) is 1.84. The molecular weight excluding hydrogens is 230 g/mol. The Kier molecular flexibility index (Phi) is 4.08. The second kappa shape index (κ2) is 5.32. The van der Waals surface area contributed by atoms with Crippen molar-refractivity contribution in [3.63, 3.8) is 0 Å². The Morgan fingerprint density at radius 2 is 2.06 bits per heavy atom. The molecule has 0 aromatic heterocycles. The monoisotopic (exact) mass is 239 g/mol. The third-order valence-corrected chi connectivity index (χ3v) is 2.13. The number of nitrogens with two attached hydrogens (primary N) is 1. The molecule has 0 atom stereocenters. The Morgan fingerprint density at radius 3 is 2.56 bits per heavy atom. The highest BCUT2D eigenvalue weighted by Gasteiger charge is 2.06. The fraction of sp³-hybridized carbons (Fsp3) is 0.0909. The van der Waals surface area contributed by atoms with Crippen LogP contribution in [0.4, 0.5) is 0 Å². The van der Waals surface area contributed by atoms with Crippen LogP contribution in [-0.4, -0.2) is 18.8 Å². The van der Waals surface area contributed by atoms with Crippen LogP contribution in [0.2, 0.25) is 5.02 Å². The van der Waals surface area contributed by atoms with Crippen LogP contribution < -0.4 is 10.5 Å². The molecule has 0 spiro atoms. The Hall–Kier alpha value is -1.81. The summed E-state index contributed by atoms with van der Waals surface area (Å²) in [5.74, 6) is -0.534. The minimum absolute atomic E-state index is 0.334. The van der Waals surface area contributed by atoms with E-state index in [0.717, 1.165) is 12.2 Å². The van der Waals surface area contributed by atoms with E-state index in [1.54, 1.807) is 12.1 Å². The number of allylic oxidation sites excluding steroid dienone is 1. The quantitative estimate of drug-likeness (QED) is 0.641. The largest absolute Gasteiger partial charge is 0.495 e. The molecule has 0 aliphatic carbocycles. The molecule has 0 bridgehead atoms. The van der Waals surface area contributed by atoms with Crippen LogP contribution in [0.3, 0.4) is 0 Å². The maximum atomic E-state index is 11.5. The SMILES string of the molecule is COc1ccc(C(=O)/C=C/C(N)=O)cc1Cl. The second-order valence-electron chi connectivity index (χ2n) is 2.95. The maximum Gasteiger partial charge on any atom is 0.241 e. The highest BCUT2D eigenvalue weighted by molar-refractivity contribution is 6.32. The van der Waals surface area contributed by atoms with E-state index in [1.165, 1.54) is 13.2 Å². The first-order chi connectivity index (χ1) is 7.54. The van der Waals surface area contributed by atoms with E-state index in [-0.39, 0.29) is 5.78 Å². The zero-order chi connectivity index (χ0) is 12.1. The van der Waals surface area contributed by atoms with Crippen LogP contribution in [0.25, 0.3) is 0 Å². The number of hydrogen-bond acceptors (Lipinski definition) is 3. The summed E-state index contributed by atoms with van der Waals surface area (Å²) >= 11 is 5.84. The zero-order valence-corrected chi connectivity index (χ0v) is 9.32. The summed E-state index contributed by atoms with van der Waals surface area (Å²) in [4.78, 5) is 21.9. The van der Waals surface area contributed by atoms with Gasteiger partial charge in [0, 0.05) is 11.6 Å². The van der Waals surface area contributed by atoms with Crippen molar-refractivity contribution in [1.29, 1.82) is 0 Å². The van der Waals surface area contributed by atoms with Gasteiger partial charge in [0.2, 0.25) is 5.91 Å². The molecule has 1 aromatic rings. The van der Waals surface area contributed by atoms with E-state index < -0.39 is 5.91 Å². The Bertz CT molecular complexity index is 455. The average molecular weight is 240 g/mol. The average Bonchev–Trinajstić information content (AvgIpc) is 2.25. The van der Waals surface area contributed by atoms with Gasteiger partial charge in [0.05, 0.1) is 12.1 Å². The molecule has 0 saturated heterocycles. The number of amides is 1. The third kappa shape index (κ3) is 3.10. The molecule has 0 aliphatic heterocycles. The van der Waals surface area contributed by atoms with Crippen LogP contribution in [-0.2, 0) is 4.79 Å². The van der Waals surface area contributed by atoms with Gasteiger partial charge in [0.15, 0.2) is 5.78 Å². The summed E-state index contributed by atoms with van der Waals surface area (Å²) in [5, 5.41) is 0.334. The zero-order valence-electron chi connectivity index (χ0n) is 8.57. The van der Waals surface area contributed by atoms with Crippen LogP contribution in [0.1, 0.15) is 10.4 Å². The van der Waals surface area contributed by atoms with Crippen molar-refractivity contribution in [3.05, 3.63) is 40.9 Å². The standard InChI is InChI=1S/C11H10ClNO3/c1-16-10-4-2-7(6-8(10)12)9(14)3-5-11(13)15/h2-6H,1H3,(H2,13,15)/b5-3+. The molecule has 4 nitrogen and oxygen atoms in total. The van der Waals surface area contributed by atoms with Crippen molar-refractivity contribution in [1.82, 2.24) is 0 Å². The minimum atomic E-state index is -0.673. The number of benzene rings is 1. The molecule has 1 amide bonds. The molecule has 0 radical (unpaired) electrons. The van der Waals surface area contributed by atoms with Gasteiger partial charge in [-0.2, -0.15) is 0 Å². The fourth-order valence-electron chi connectivity index (χ4n) is 1.07. The summed E-state index contributed by atoms with van der Waals surface area (Å²) in [5.41, 5.74) is 5.23. The first-order valence-electron chi connectivity index (χ1n) is 4.40. The van der Waals surface area contributed by atoms with Crippen molar-refractivity contribution in [2.75, 3.05) is 7.11 Å². The predicted molar refractivity (Wildman–Crippen MR) is 60.7 cm³/mol.